The highest BCUT2D eigenvalue weighted by Gasteiger charge is 2.44. The first-order chi connectivity index (χ1) is 19.5. The molecule has 41 heavy (non-hydrogen) atoms. The molecular weight excluding hydrogens is 547 g/mol. The topological polar surface area (TPSA) is 80.5 Å². The summed E-state index contributed by atoms with van der Waals surface area (Å²) in [6.07, 6.45) is -2.11. The molecule has 3 aromatic carbocycles. The lowest BCUT2D eigenvalue weighted by Crippen LogP contribution is -2.54. The van der Waals surface area contributed by atoms with E-state index < -0.39 is 40.9 Å². The molecule has 0 radical (unpaired) electrons. The number of ether oxygens (including phenoxy) is 1. The minimum Gasteiger partial charge on any atom is -0.381 e. The largest absolute Gasteiger partial charge is 0.416 e. The second kappa shape index (κ2) is 12.6. The molecule has 7 nitrogen and oxygen atoms in total. The number of benzene rings is 3. The van der Waals surface area contributed by atoms with Crippen LogP contribution in [0.25, 0.3) is 0 Å². The molecule has 216 valence electrons. The van der Waals surface area contributed by atoms with Gasteiger partial charge in [-0.25, -0.2) is 18.4 Å². The normalized spacial score (nSPS) is 13.9. The number of hydrogen-bond donors (Lipinski definition) is 1. The molecule has 12 heteroatoms. The zero-order valence-corrected chi connectivity index (χ0v) is 21.9. The van der Waals surface area contributed by atoms with Crippen LogP contribution in [0.1, 0.15) is 34.0 Å². The summed E-state index contributed by atoms with van der Waals surface area (Å²) in [5, 5.41) is 16.0. The van der Waals surface area contributed by atoms with Gasteiger partial charge in [-0.15, -0.1) is 0 Å². The highest BCUT2D eigenvalue weighted by atomic mass is 19.4. The van der Waals surface area contributed by atoms with Gasteiger partial charge >= 0.3 is 6.18 Å². The predicted octanol–water partition coefficient (Wildman–Crippen LogP) is 5.21. The Morgan fingerprint density at radius 1 is 1.05 bits per heavy atom. The van der Waals surface area contributed by atoms with Gasteiger partial charge < -0.3 is 14.7 Å². The van der Waals surface area contributed by atoms with Gasteiger partial charge in [0.15, 0.2) is 0 Å². The summed E-state index contributed by atoms with van der Waals surface area (Å²) < 4.78 is 75.2. The van der Waals surface area contributed by atoms with Gasteiger partial charge in [-0.05, 0) is 42.8 Å². The number of rotatable bonds is 11. The third-order valence-corrected chi connectivity index (χ3v) is 6.73. The summed E-state index contributed by atoms with van der Waals surface area (Å²) in [6, 6.07) is 14.3. The van der Waals surface area contributed by atoms with Gasteiger partial charge in [0.2, 0.25) is 0 Å². The van der Waals surface area contributed by atoms with Crippen LogP contribution < -0.4 is 0 Å². The summed E-state index contributed by atoms with van der Waals surface area (Å²) in [6.45, 7) is 1.16. The predicted molar refractivity (Wildman–Crippen MR) is 138 cm³/mol. The molecule has 0 aliphatic rings. The standard InChI is InChI=1S/C29H27F5N4O3/c1-20(28(40,17-37-19-35-18-36-37)25-12-11-24(30)15-26(25)31)38(13-14-41-16-21-5-3-2-4-6-21)27(39)22-7-9-23(10-8-22)29(32,33)34/h2-12,15,18-20,40H,13-14,16-17H2,1H3/t20-,28-/m0/s1. The minimum atomic E-state index is -4.60. The number of carbonyl (C=O) groups is 1. The van der Waals surface area contributed by atoms with Gasteiger partial charge in [0, 0.05) is 23.7 Å². The van der Waals surface area contributed by atoms with Gasteiger partial charge in [-0.1, -0.05) is 36.4 Å². The van der Waals surface area contributed by atoms with E-state index in [4.69, 9.17) is 4.74 Å². The Hall–Kier alpha value is -4.16. The summed E-state index contributed by atoms with van der Waals surface area (Å²) >= 11 is 0. The number of hydrogen-bond acceptors (Lipinski definition) is 5. The summed E-state index contributed by atoms with van der Waals surface area (Å²) in [5.74, 6) is -2.65. The lowest BCUT2D eigenvalue weighted by molar-refractivity contribution is -0.137. The molecule has 1 amide bonds. The van der Waals surface area contributed by atoms with Crippen LogP contribution in [0.5, 0.6) is 0 Å². The van der Waals surface area contributed by atoms with E-state index in [0.717, 1.165) is 42.0 Å². The maximum Gasteiger partial charge on any atom is 0.416 e. The second-order valence-electron chi connectivity index (χ2n) is 9.43. The summed E-state index contributed by atoms with van der Waals surface area (Å²) in [4.78, 5) is 18.7. The third-order valence-electron chi connectivity index (χ3n) is 6.73. The minimum absolute atomic E-state index is 0.0170. The quantitative estimate of drug-likeness (QED) is 0.197. The number of carbonyl (C=O) groups excluding carboxylic acids is 1. The fourth-order valence-corrected chi connectivity index (χ4v) is 4.47. The first kappa shape index (κ1) is 29.8. The van der Waals surface area contributed by atoms with E-state index in [1.807, 2.05) is 30.3 Å². The molecule has 0 unspecified atom stereocenters. The molecule has 4 rings (SSSR count). The monoisotopic (exact) mass is 574 g/mol. The van der Waals surface area contributed by atoms with Crippen molar-refractivity contribution in [2.75, 3.05) is 13.2 Å². The Labute approximate surface area is 232 Å². The Balaban J connectivity index is 1.68. The number of alkyl halides is 3. The van der Waals surface area contributed by atoms with Crippen LogP contribution in [0.2, 0.25) is 0 Å². The first-order valence-electron chi connectivity index (χ1n) is 12.6. The van der Waals surface area contributed by atoms with Crippen LogP contribution in [0.4, 0.5) is 22.0 Å². The van der Waals surface area contributed by atoms with Crippen LogP contribution in [0, 0.1) is 11.6 Å². The SMILES string of the molecule is C[C@H](N(CCOCc1ccccc1)C(=O)c1ccc(C(F)(F)F)cc1)[C@@](O)(Cn1cncn1)c1ccc(F)cc1F. The van der Waals surface area contributed by atoms with Gasteiger partial charge in [-0.3, -0.25) is 4.79 Å². The van der Waals surface area contributed by atoms with Crippen molar-refractivity contribution in [2.45, 2.75) is 37.9 Å². The molecule has 0 fully saturated rings. The number of aliphatic hydroxyl groups is 1. The molecule has 0 saturated carbocycles. The van der Waals surface area contributed by atoms with E-state index in [1.54, 1.807) is 0 Å². The Morgan fingerprint density at radius 2 is 1.76 bits per heavy atom. The fraction of sp³-hybridized carbons (Fsp3) is 0.276. The van der Waals surface area contributed by atoms with Crippen molar-refractivity contribution in [1.82, 2.24) is 19.7 Å². The molecule has 0 spiro atoms. The Bertz CT molecular complexity index is 1430. The highest BCUT2D eigenvalue weighted by molar-refractivity contribution is 5.94. The molecule has 1 heterocycles. The van der Waals surface area contributed by atoms with Gasteiger partial charge in [-0.2, -0.15) is 18.3 Å². The van der Waals surface area contributed by atoms with E-state index in [9.17, 15) is 27.5 Å². The van der Waals surface area contributed by atoms with E-state index in [2.05, 4.69) is 10.1 Å². The van der Waals surface area contributed by atoms with Gasteiger partial charge in [0.1, 0.15) is 29.9 Å². The third kappa shape index (κ3) is 7.14. The van der Waals surface area contributed by atoms with Crippen LogP contribution in [0.15, 0.2) is 85.5 Å². The van der Waals surface area contributed by atoms with E-state index >= 15 is 4.39 Å². The number of nitrogens with zero attached hydrogens (tertiary/aromatic N) is 4. The van der Waals surface area contributed by atoms with Crippen molar-refractivity contribution < 1.29 is 36.6 Å². The molecule has 1 aromatic heterocycles. The number of halogens is 5. The van der Waals surface area contributed by atoms with Crippen molar-refractivity contribution in [3.05, 3.63) is 119 Å². The maximum atomic E-state index is 15.1. The van der Waals surface area contributed by atoms with E-state index in [0.29, 0.717) is 6.07 Å². The van der Waals surface area contributed by atoms with Gasteiger partial charge in [0.05, 0.1) is 31.4 Å². The van der Waals surface area contributed by atoms with Crippen molar-refractivity contribution in [1.29, 1.82) is 0 Å². The Morgan fingerprint density at radius 3 is 2.37 bits per heavy atom. The molecule has 0 bridgehead atoms. The number of amides is 1. The molecule has 2 atom stereocenters. The molecule has 4 aromatic rings. The average molecular weight is 575 g/mol. The highest BCUT2D eigenvalue weighted by Crippen LogP contribution is 2.34. The molecule has 1 N–H and O–H groups in total. The average Bonchev–Trinajstić information content (AvgIpc) is 3.45. The first-order valence-corrected chi connectivity index (χ1v) is 12.6. The van der Waals surface area contributed by atoms with Crippen LogP contribution >= 0.6 is 0 Å². The van der Waals surface area contributed by atoms with Crippen LogP contribution in [-0.4, -0.2) is 49.9 Å². The maximum absolute atomic E-state index is 15.1. The zero-order chi connectivity index (χ0) is 29.6. The summed E-state index contributed by atoms with van der Waals surface area (Å²) in [5.41, 5.74) is -2.63. The zero-order valence-electron chi connectivity index (χ0n) is 21.9. The Kier molecular flexibility index (Phi) is 9.14. The van der Waals surface area contributed by atoms with Gasteiger partial charge in [0.25, 0.3) is 5.91 Å². The summed E-state index contributed by atoms with van der Waals surface area (Å²) in [7, 11) is 0. The van der Waals surface area contributed by atoms with Crippen LogP contribution in [-0.2, 0) is 29.7 Å². The molecular formula is C29H27F5N4O3. The van der Waals surface area contributed by atoms with Crippen molar-refractivity contribution in [3.63, 3.8) is 0 Å². The van der Waals surface area contributed by atoms with Crippen molar-refractivity contribution in [3.8, 4) is 0 Å². The molecule has 0 aliphatic heterocycles. The number of aromatic nitrogens is 3. The van der Waals surface area contributed by atoms with E-state index in [1.165, 1.54) is 29.2 Å². The fourth-order valence-electron chi connectivity index (χ4n) is 4.47. The molecule has 0 aliphatic carbocycles. The lowest BCUT2D eigenvalue weighted by atomic mass is 9.85. The van der Waals surface area contributed by atoms with Crippen molar-refractivity contribution >= 4 is 5.91 Å². The second-order valence-corrected chi connectivity index (χ2v) is 9.43. The van der Waals surface area contributed by atoms with E-state index in [-0.39, 0.29) is 37.4 Å². The smallest absolute Gasteiger partial charge is 0.381 e. The molecule has 0 saturated heterocycles. The van der Waals surface area contributed by atoms with Crippen molar-refractivity contribution in [2.24, 2.45) is 0 Å². The lowest BCUT2D eigenvalue weighted by Gasteiger charge is -2.41. The van der Waals surface area contributed by atoms with Crippen LogP contribution in [0.3, 0.4) is 0 Å².